The molecule has 0 spiro atoms. The van der Waals surface area contributed by atoms with E-state index < -0.39 is 73.1 Å². The van der Waals surface area contributed by atoms with Crippen molar-refractivity contribution in [3.05, 3.63) is 63.2 Å². The highest BCUT2D eigenvalue weighted by molar-refractivity contribution is 7.52. The summed E-state index contributed by atoms with van der Waals surface area (Å²) in [6, 6.07) is 6.55. The van der Waals surface area contributed by atoms with Gasteiger partial charge in [-0.25, -0.2) is 13.8 Å². The van der Waals surface area contributed by atoms with Gasteiger partial charge in [-0.3, -0.25) is 23.7 Å². The van der Waals surface area contributed by atoms with E-state index in [4.69, 9.17) is 30.1 Å². The fraction of sp³-hybridized carbons (Fsp3) is 0.476. The highest BCUT2D eigenvalue weighted by Crippen LogP contribution is 2.48. The zero-order chi connectivity index (χ0) is 27.5. The van der Waals surface area contributed by atoms with E-state index in [9.17, 15) is 28.4 Å². The van der Waals surface area contributed by atoms with Crippen LogP contribution in [0.3, 0.4) is 0 Å². The van der Waals surface area contributed by atoms with Crippen molar-refractivity contribution in [2.24, 2.45) is 0 Å². The molecule has 0 aliphatic carbocycles. The Morgan fingerprint density at radius 1 is 1.32 bits per heavy atom. The topological polar surface area (TPSA) is 158 Å². The SMILES string of the molecule is CC(C)OC(=O)[C@@H](C)NP(=O)(OC[C@H]1O[C@@H](n2cc(F)c(=O)[nH]c2=O)[C@](F)(Cl)[C@@H]1O)Oc1ccccc1. The Morgan fingerprint density at radius 3 is 2.59 bits per heavy atom. The van der Waals surface area contributed by atoms with E-state index in [2.05, 4.69) is 5.09 Å². The van der Waals surface area contributed by atoms with E-state index in [-0.39, 0.29) is 5.75 Å². The molecule has 3 rings (SSSR count). The summed E-state index contributed by atoms with van der Waals surface area (Å²) in [7, 11) is -4.41. The van der Waals surface area contributed by atoms with Gasteiger partial charge in [-0.05, 0) is 32.9 Å². The molecule has 1 unspecified atom stereocenters. The van der Waals surface area contributed by atoms with Gasteiger partial charge in [0.15, 0.2) is 6.23 Å². The zero-order valence-corrected chi connectivity index (χ0v) is 21.4. The van der Waals surface area contributed by atoms with E-state index in [1.807, 2.05) is 0 Å². The van der Waals surface area contributed by atoms with Crippen molar-refractivity contribution < 1.29 is 41.8 Å². The van der Waals surface area contributed by atoms with Crippen LogP contribution in [0.15, 0.2) is 46.1 Å². The third-order valence-corrected chi connectivity index (χ3v) is 7.05. The summed E-state index contributed by atoms with van der Waals surface area (Å²) in [4.78, 5) is 37.2. The van der Waals surface area contributed by atoms with Crippen LogP contribution >= 0.6 is 19.3 Å². The number of H-pyrrole nitrogens is 1. The van der Waals surface area contributed by atoms with Crippen molar-refractivity contribution >= 4 is 25.3 Å². The van der Waals surface area contributed by atoms with Crippen LogP contribution in [0.5, 0.6) is 5.75 Å². The molecule has 0 saturated carbocycles. The maximum Gasteiger partial charge on any atom is 0.459 e. The number of hydrogen-bond acceptors (Lipinski definition) is 9. The number of nitrogens with one attached hydrogen (secondary N) is 2. The predicted octanol–water partition coefficient (Wildman–Crippen LogP) is 1.97. The van der Waals surface area contributed by atoms with Gasteiger partial charge in [0, 0.05) is 0 Å². The lowest BCUT2D eigenvalue weighted by molar-refractivity contribution is -0.149. The second kappa shape index (κ2) is 11.4. The highest BCUT2D eigenvalue weighted by atomic mass is 35.5. The number of aliphatic hydroxyl groups is 1. The van der Waals surface area contributed by atoms with Gasteiger partial charge in [-0.1, -0.05) is 29.8 Å². The first-order valence-electron chi connectivity index (χ1n) is 10.9. The standard InChI is InChI=1S/C21H25ClF2N3O9P/c1-11(2)34-18(30)12(3)26-37(32,36-13-7-5-4-6-8-13)33-10-15-16(28)21(22,24)19(35-15)27-9-14(23)17(29)25-20(27)31/h4-9,11-12,15-16,19,28H,10H2,1-3H3,(H,26,32)(H,25,29,31)/t12-,15-,16-,19-,21+,37?/m1/s1. The fourth-order valence-corrected chi connectivity index (χ4v) is 5.05. The third-order valence-electron chi connectivity index (χ3n) is 4.99. The number of aliphatic hydroxyl groups excluding tert-OH is 1. The van der Waals surface area contributed by atoms with Crippen LogP contribution in [0.4, 0.5) is 8.78 Å². The summed E-state index contributed by atoms with van der Waals surface area (Å²) in [5.74, 6) is -2.12. The molecule has 1 saturated heterocycles. The van der Waals surface area contributed by atoms with E-state index in [1.165, 1.54) is 19.1 Å². The first-order valence-corrected chi connectivity index (χ1v) is 12.9. The second-order valence-electron chi connectivity index (χ2n) is 8.32. The van der Waals surface area contributed by atoms with Crippen LogP contribution < -0.4 is 20.9 Å². The van der Waals surface area contributed by atoms with Gasteiger partial charge in [0.05, 0.1) is 18.9 Å². The van der Waals surface area contributed by atoms with Crippen LogP contribution in [-0.2, 0) is 23.4 Å². The molecule has 0 radical (unpaired) electrons. The van der Waals surface area contributed by atoms with Crippen LogP contribution in [-0.4, -0.2) is 56.7 Å². The van der Waals surface area contributed by atoms with Crippen molar-refractivity contribution in [2.75, 3.05) is 6.61 Å². The number of ether oxygens (including phenoxy) is 2. The third kappa shape index (κ3) is 6.83. The number of carbonyl (C=O) groups excluding carboxylic acids is 1. The number of esters is 1. The summed E-state index contributed by atoms with van der Waals surface area (Å²) < 4.78 is 63.9. The number of para-hydroxylation sites is 1. The first kappa shape index (κ1) is 29.0. The number of rotatable bonds is 10. The van der Waals surface area contributed by atoms with Gasteiger partial charge in [0.25, 0.3) is 10.7 Å². The minimum absolute atomic E-state index is 0.0842. The molecule has 37 heavy (non-hydrogen) atoms. The van der Waals surface area contributed by atoms with Crippen molar-refractivity contribution in [2.45, 2.75) is 56.5 Å². The molecule has 1 aliphatic heterocycles. The normalized spacial score (nSPS) is 26.0. The molecule has 1 aliphatic rings. The molecule has 16 heteroatoms. The average Bonchev–Trinajstić information content (AvgIpc) is 3.03. The van der Waals surface area contributed by atoms with Crippen molar-refractivity contribution in [1.82, 2.24) is 14.6 Å². The molecule has 1 aromatic carbocycles. The van der Waals surface area contributed by atoms with Crippen LogP contribution in [0.25, 0.3) is 0 Å². The monoisotopic (exact) mass is 567 g/mol. The number of benzene rings is 1. The summed E-state index contributed by atoms with van der Waals surface area (Å²) in [5.41, 5.74) is -2.61. The number of hydrogen-bond donors (Lipinski definition) is 3. The molecular formula is C21H25ClF2N3O9P. The van der Waals surface area contributed by atoms with E-state index in [0.29, 0.717) is 10.8 Å². The fourth-order valence-electron chi connectivity index (χ4n) is 3.25. The van der Waals surface area contributed by atoms with Crippen LogP contribution in [0.2, 0.25) is 0 Å². The quantitative estimate of drug-likeness (QED) is 0.220. The average molecular weight is 568 g/mol. The number of halogens is 3. The van der Waals surface area contributed by atoms with Gasteiger partial charge in [0.1, 0.15) is 24.0 Å². The molecule has 6 atom stereocenters. The molecular weight excluding hydrogens is 543 g/mol. The number of aromatic nitrogens is 2. The number of alkyl halides is 2. The number of nitrogens with zero attached hydrogens (tertiary/aromatic N) is 1. The Hall–Kier alpha value is -2.61. The summed E-state index contributed by atoms with van der Waals surface area (Å²) in [5, 5.41) is 9.62. The lowest BCUT2D eigenvalue weighted by atomic mass is 10.1. The number of carbonyl (C=O) groups is 1. The molecule has 2 aromatic rings. The lowest BCUT2D eigenvalue weighted by Crippen LogP contribution is -2.42. The maximum atomic E-state index is 15.2. The maximum absolute atomic E-state index is 15.2. The van der Waals surface area contributed by atoms with E-state index >= 15 is 4.39 Å². The predicted molar refractivity (Wildman–Crippen MR) is 125 cm³/mol. The molecule has 2 heterocycles. The Labute approximate surface area is 214 Å². The summed E-state index contributed by atoms with van der Waals surface area (Å²) in [6.07, 6.45) is -6.02. The van der Waals surface area contributed by atoms with E-state index in [0.717, 1.165) is 0 Å². The Balaban J connectivity index is 1.82. The molecule has 1 aromatic heterocycles. The Morgan fingerprint density at radius 2 is 1.97 bits per heavy atom. The Kier molecular flexibility index (Phi) is 8.93. The molecule has 204 valence electrons. The second-order valence-corrected chi connectivity index (χ2v) is 10.6. The summed E-state index contributed by atoms with van der Waals surface area (Å²) in [6.45, 7) is 3.75. The zero-order valence-electron chi connectivity index (χ0n) is 19.8. The van der Waals surface area contributed by atoms with Gasteiger partial charge in [-0.2, -0.15) is 9.48 Å². The van der Waals surface area contributed by atoms with Crippen molar-refractivity contribution in [3.8, 4) is 5.75 Å². The molecule has 12 nitrogen and oxygen atoms in total. The molecule has 0 amide bonds. The van der Waals surface area contributed by atoms with Crippen molar-refractivity contribution in [3.63, 3.8) is 0 Å². The highest BCUT2D eigenvalue weighted by Gasteiger charge is 2.58. The minimum Gasteiger partial charge on any atom is -0.462 e. The lowest BCUT2D eigenvalue weighted by Gasteiger charge is -2.25. The smallest absolute Gasteiger partial charge is 0.459 e. The van der Waals surface area contributed by atoms with Crippen LogP contribution in [0, 0.1) is 5.82 Å². The van der Waals surface area contributed by atoms with Gasteiger partial charge in [-0.15, -0.1) is 0 Å². The Bertz CT molecular complexity index is 1270. The van der Waals surface area contributed by atoms with Gasteiger partial charge < -0.3 is 19.1 Å². The molecule has 1 fully saturated rings. The van der Waals surface area contributed by atoms with Crippen molar-refractivity contribution in [1.29, 1.82) is 0 Å². The molecule has 3 N–H and O–H groups in total. The largest absolute Gasteiger partial charge is 0.462 e. The van der Waals surface area contributed by atoms with E-state index in [1.54, 1.807) is 37.0 Å². The minimum atomic E-state index is -4.41. The summed E-state index contributed by atoms with van der Waals surface area (Å²) >= 11 is 5.78. The molecule has 0 bridgehead atoms. The van der Waals surface area contributed by atoms with Gasteiger partial charge in [0.2, 0.25) is 5.82 Å². The number of aromatic amines is 1. The van der Waals surface area contributed by atoms with Gasteiger partial charge >= 0.3 is 19.4 Å². The first-order chi connectivity index (χ1) is 17.2. The van der Waals surface area contributed by atoms with Crippen LogP contribution in [0.1, 0.15) is 27.0 Å².